The summed E-state index contributed by atoms with van der Waals surface area (Å²) in [5.74, 6) is -4.18. The standard InChI is InChI=1S/C36H65N7O6S/c1-23(2)18-30(42-32(46)24(3)41-33(47)27(38)16-10-11-17-37)35(49)43(34(48)29(40)20-26-14-8-5-9-15-26)36(21-44,22-50)31(45)28(39)19-25-12-6-4-7-13-25/h21,23-30,50H,4-20,22,37-40H2,1-3H3,(H,41,47)(H,42,46)/t24-,27-,28-,29-,30-,36+/m0/s1. The van der Waals surface area contributed by atoms with E-state index >= 15 is 0 Å². The van der Waals surface area contributed by atoms with E-state index in [0.717, 1.165) is 64.2 Å². The zero-order valence-corrected chi connectivity index (χ0v) is 31.5. The fourth-order valence-electron chi connectivity index (χ4n) is 7.34. The Balaban J connectivity index is 2.46. The molecule has 286 valence electrons. The molecule has 2 aliphatic rings. The number of ketones is 1. The number of imide groups is 1. The molecule has 0 aromatic heterocycles. The average molecular weight is 724 g/mol. The number of nitrogens with two attached hydrogens (primary N) is 4. The van der Waals surface area contributed by atoms with E-state index in [1.165, 1.54) is 6.92 Å². The summed E-state index contributed by atoms with van der Waals surface area (Å²) in [7, 11) is 0. The smallest absolute Gasteiger partial charge is 0.253 e. The molecule has 0 bridgehead atoms. The number of thiol groups is 1. The quantitative estimate of drug-likeness (QED) is 0.0393. The van der Waals surface area contributed by atoms with Gasteiger partial charge in [0.15, 0.2) is 17.6 Å². The SMILES string of the molecule is CC(C)C[C@H](NC(=O)[C@H](C)NC(=O)[C@@H](N)CCCCN)C(=O)N(C(=O)[C@@H](N)CC1CCCCC1)[C@](C=O)(CS)C(=O)[C@@H](N)CC1CCCCC1. The van der Waals surface area contributed by atoms with Crippen molar-refractivity contribution in [1.29, 1.82) is 0 Å². The minimum atomic E-state index is -2.34. The summed E-state index contributed by atoms with van der Waals surface area (Å²) in [6.45, 7) is 5.59. The van der Waals surface area contributed by atoms with Gasteiger partial charge in [-0.05, 0) is 63.3 Å². The molecule has 4 amide bonds. The molecular formula is C36H65N7O6S. The fourth-order valence-corrected chi connectivity index (χ4v) is 7.71. The van der Waals surface area contributed by atoms with E-state index in [1.807, 2.05) is 13.8 Å². The predicted octanol–water partition coefficient (Wildman–Crippen LogP) is 1.87. The number of hydrogen-bond acceptors (Lipinski definition) is 11. The first-order valence-corrected chi connectivity index (χ1v) is 19.4. The lowest BCUT2D eigenvalue weighted by molar-refractivity contribution is -0.162. The first-order chi connectivity index (χ1) is 23.7. The largest absolute Gasteiger partial charge is 0.343 e. The Hall–Kier alpha value is -2.39. The summed E-state index contributed by atoms with van der Waals surface area (Å²) < 4.78 is 0. The summed E-state index contributed by atoms with van der Waals surface area (Å²) in [5, 5.41) is 5.26. The first-order valence-electron chi connectivity index (χ1n) is 18.8. The van der Waals surface area contributed by atoms with Crippen LogP contribution in [0.1, 0.15) is 124 Å². The van der Waals surface area contributed by atoms with Crippen molar-refractivity contribution < 1.29 is 28.8 Å². The van der Waals surface area contributed by atoms with E-state index < -0.39 is 70.9 Å². The first kappa shape index (κ1) is 43.8. The molecule has 0 aliphatic heterocycles. The topological polar surface area (TPSA) is 234 Å². The lowest BCUT2D eigenvalue weighted by atomic mass is 9.80. The second kappa shape index (κ2) is 21.9. The second-order valence-corrected chi connectivity index (χ2v) is 15.4. The molecule has 2 aliphatic carbocycles. The van der Waals surface area contributed by atoms with E-state index in [-0.39, 0.29) is 36.9 Å². The molecule has 50 heavy (non-hydrogen) atoms. The highest BCUT2D eigenvalue weighted by atomic mass is 32.1. The van der Waals surface area contributed by atoms with Crippen molar-refractivity contribution in [1.82, 2.24) is 15.5 Å². The van der Waals surface area contributed by atoms with Crippen LogP contribution in [0.25, 0.3) is 0 Å². The van der Waals surface area contributed by atoms with E-state index in [1.54, 1.807) is 0 Å². The number of unbranched alkanes of at least 4 members (excludes halogenated alkanes) is 1. The van der Waals surface area contributed by atoms with Crippen molar-refractivity contribution in [2.45, 2.75) is 159 Å². The third-order valence-electron chi connectivity index (χ3n) is 10.4. The van der Waals surface area contributed by atoms with Crippen LogP contribution < -0.4 is 33.6 Å². The molecule has 0 unspecified atom stereocenters. The number of rotatable bonds is 21. The predicted molar refractivity (Wildman–Crippen MR) is 198 cm³/mol. The number of Topliss-reactive ketones (excluding diaryl/α,β-unsaturated/α-hetero) is 1. The maximum absolute atomic E-state index is 14.7. The fraction of sp³-hybridized carbons (Fsp3) is 0.833. The van der Waals surface area contributed by atoms with Crippen LogP contribution in [0.3, 0.4) is 0 Å². The van der Waals surface area contributed by atoms with Crippen LogP contribution in [0.4, 0.5) is 0 Å². The van der Waals surface area contributed by atoms with Gasteiger partial charge in [0.2, 0.25) is 17.7 Å². The summed E-state index contributed by atoms with van der Waals surface area (Å²) >= 11 is 4.39. The lowest BCUT2D eigenvalue weighted by Gasteiger charge is -2.41. The lowest BCUT2D eigenvalue weighted by Crippen LogP contribution is -2.70. The number of nitrogens with zero attached hydrogens (tertiary/aromatic N) is 1. The van der Waals surface area contributed by atoms with Gasteiger partial charge in [-0.3, -0.25) is 28.9 Å². The maximum Gasteiger partial charge on any atom is 0.253 e. The summed E-state index contributed by atoms with van der Waals surface area (Å²) in [4.78, 5) is 83.3. The number of aldehydes is 1. The Bertz CT molecular complexity index is 1130. The monoisotopic (exact) mass is 723 g/mol. The molecule has 2 rings (SSSR count). The van der Waals surface area contributed by atoms with Crippen molar-refractivity contribution >= 4 is 48.3 Å². The molecule has 14 heteroatoms. The second-order valence-electron chi connectivity index (χ2n) is 15.1. The Morgan fingerprint density at radius 2 is 1.32 bits per heavy atom. The maximum atomic E-state index is 14.7. The van der Waals surface area contributed by atoms with Gasteiger partial charge in [0.05, 0.1) is 18.1 Å². The van der Waals surface area contributed by atoms with Gasteiger partial charge in [-0.1, -0.05) is 84.5 Å². The number of hydrogen-bond donors (Lipinski definition) is 7. The van der Waals surface area contributed by atoms with Gasteiger partial charge in [-0.2, -0.15) is 12.6 Å². The van der Waals surface area contributed by atoms with Crippen molar-refractivity contribution in [3.05, 3.63) is 0 Å². The van der Waals surface area contributed by atoms with E-state index in [0.29, 0.717) is 37.1 Å². The molecule has 6 atom stereocenters. The number of carbonyl (C=O) groups is 6. The Kier molecular flexibility index (Phi) is 19.1. The molecule has 0 spiro atoms. The molecule has 2 saturated carbocycles. The van der Waals surface area contributed by atoms with Gasteiger partial charge >= 0.3 is 0 Å². The highest BCUT2D eigenvalue weighted by Crippen LogP contribution is 2.31. The number of nitrogens with one attached hydrogen (secondary N) is 2. The summed E-state index contributed by atoms with van der Waals surface area (Å²) in [5.41, 5.74) is 22.2. The van der Waals surface area contributed by atoms with Crippen LogP contribution in [0.5, 0.6) is 0 Å². The molecule has 10 N–H and O–H groups in total. The van der Waals surface area contributed by atoms with Crippen LogP contribution in [0, 0.1) is 17.8 Å². The molecule has 0 aromatic rings. The zero-order chi connectivity index (χ0) is 37.4. The van der Waals surface area contributed by atoms with Crippen LogP contribution in [-0.2, 0) is 28.8 Å². The van der Waals surface area contributed by atoms with Crippen LogP contribution in [-0.4, -0.2) is 88.6 Å². The summed E-state index contributed by atoms with van der Waals surface area (Å²) in [6.07, 6.45) is 12.5. The van der Waals surface area contributed by atoms with Gasteiger partial charge in [-0.25, -0.2) is 0 Å². The van der Waals surface area contributed by atoms with E-state index in [4.69, 9.17) is 22.9 Å². The molecule has 0 radical (unpaired) electrons. The Morgan fingerprint density at radius 3 is 1.80 bits per heavy atom. The Labute approximate surface area is 304 Å². The van der Waals surface area contributed by atoms with E-state index in [9.17, 15) is 28.8 Å². The van der Waals surface area contributed by atoms with E-state index in [2.05, 4.69) is 23.3 Å². The Morgan fingerprint density at radius 1 is 0.780 bits per heavy atom. The van der Waals surface area contributed by atoms with Crippen molar-refractivity contribution in [2.75, 3.05) is 12.3 Å². The molecule has 2 fully saturated rings. The van der Waals surface area contributed by atoms with Crippen LogP contribution in [0.2, 0.25) is 0 Å². The number of carbonyl (C=O) groups excluding carboxylic acids is 6. The third kappa shape index (κ3) is 12.7. The van der Waals surface area contributed by atoms with Crippen LogP contribution in [0.15, 0.2) is 0 Å². The highest BCUT2D eigenvalue weighted by Gasteiger charge is 2.53. The van der Waals surface area contributed by atoms with Gasteiger partial charge < -0.3 is 38.4 Å². The normalized spacial score (nSPS) is 20.1. The van der Waals surface area contributed by atoms with Crippen molar-refractivity contribution in [3.8, 4) is 0 Å². The molecule has 0 aromatic carbocycles. The summed E-state index contributed by atoms with van der Waals surface area (Å²) in [6, 6.07) is -5.59. The molecule has 0 heterocycles. The van der Waals surface area contributed by atoms with Gasteiger partial charge in [0, 0.05) is 5.75 Å². The minimum absolute atomic E-state index is 0.0648. The van der Waals surface area contributed by atoms with Gasteiger partial charge in [0.25, 0.3) is 5.91 Å². The van der Waals surface area contributed by atoms with Gasteiger partial charge in [0.1, 0.15) is 12.1 Å². The number of amides is 4. The highest BCUT2D eigenvalue weighted by molar-refractivity contribution is 7.80. The minimum Gasteiger partial charge on any atom is -0.343 e. The van der Waals surface area contributed by atoms with Crippen molar-refractivity contribution in [3.63, 3.8) is 0 Å². The third-order valence-corrected chi connectivity index (χ3v) is 10.8. The molecule has 13 nitrogen and oxygen atoms in total. The van der Waals surface area contributed by atoms with Crippen LogP contribution >= 0.6 is 12.6 Å². The average Bonchev–Trinajstić information content (AvgIpc) is 3.10. The zero-order valence-electron chi connectivity index (χ0n) is 30.6. The molecule has 0 saturated heterocycles. The van der Waals surface area contributed by atoms with Gasteiger partial charge in [-0.15, -0.1) is 0 Å². The van der Waals surface area contributed by atoms with Crippen molar-refractivity contribution in [2.24, 2.45) is 40.7 Å². The molecular weight excluding hydrogens is 659 g/mol.